The van der Waals surface area contributed by atoms with Crippen molar-refractivity contribution in [3.63, 3.8) is 0 Å². The maximum Gasteiger partial charge on any atom is 0.472 e. The number of aliphatic hydroxyl groups excluding tert-OH is 1. The van der Waals surface area contributed by atoms with Gasteiger partial charge in [-0.25, -0.2) is 9.13 Å². The molecule has 0 aromatic rings. The zero-order valence-corrected chi connectivity index (χ0v) is 59.8. The van der Waals surface area contributed by atoms with Crippen LogP contribution in [0.15, 0.2) is 0 Å². The summed E-state index contributed by atoms with van der Waals surface area (Å²) in [7, 11) is -9.90. The number of carbonyl (C=O) groups excluding carboxylic acids is 4. The lowest BCUT2D eigenvalue weighted by atomic mass is 10.0. The lowest BCUT2D eigenvalue weighted by Gasteiger charge is -2.21. The number of ether oxygens (including phenoxy) is 4. The molecule has 5 atom stereocenters. The van der Waals surface area contributed by atoms with Crippen molar-refractivity contribution in [2.75, 3.05) is 39.6 Å². The van der Waals surface area contributed by atoms with E-state index in [1.807, 2.05) is 0 Å². The molecule has 0 heterocycles. The summed E-state index contributed by atoms with van der Waals surface area (Å²) in [4.78, 5) is 72.5. The first-order chi connectivity index (χ1) is 42.6. The number of unbranched alkanes of at least 4 members (excludes halogenated alkanes) is 33. The van der Waals surface area contributed by atoms with Crippen LogP contribution in [0.5, 0.6) is 0 Å². The average molecular weight is 1310 g/mol. The molecule has 89 heavy (non-hydrogen) atoms. The van der Waals surface area contributed by atoms with Crippen LogP contribution in [-0.4, -0.2) is 96.7 Å². The van der Waals surface area contributed by atoms with E-state index in [4.69, 9.17) is 37.0 Å². The molecule has 0 aliphatic rings. The number of hydrogen-bond acceptors (Lipinski definition) is 15. The minimum absolute atomic E-state index is 0.103. The van der Waals surface area contributed by atoms with Crippen molar-refractivity contribution in [2.45, 2.75) is 363 Å². The molecule has 0 saturated carbocycles. The van der Waals surface area contributed by atoms with E-state index >= 15 is 0 Å². The summed E-state index contributed by atoms with van der Waals surface area (Å²) in [6.07, 6.45) is 41.8. The van der Waals surface area contributed by atoms with Crippen LogP contribution in [0, 0.1) is 23.7 Å². The standard InChI is InChI=1S/C70H136O17P2/c1-60(2)46-38-30-22-15-11-9-10-12-18-27-36-44-52-69(74)86-65(56-80-67(72)50-42-34-26-17-14-13-16-23-31-39-47-61(3)4)58-84-88(76,77)82-54-64(71)55-83-89(78,79)85-59-66(57-81-68(73)51-43-35-29-21-25-33-41-49-63(7)8)87-70(75)53-45-37-28-20-19-24-32-40-48-62(5)6/h60-66,71H,9-59H2,1-8H3,(H,76,77)(H,78,79)/t64?,65-,66-/m1/s1. The second kappa shape index (κ2) is 59.8. The fourth-order valence-electron chi connectivity index (χ4n) is 10.5. The van der Waals surface area contributed by atoms with Crippen molar-refractivity contribution in [1.82, 2.24) is 0 Å². The smallest absolute Gasteiger partial charge is 0.462 e. The molecule has 0 amide bonds. The van der Waals surface area contributed by atoms with E-state index < -0.39 is 97.5 Å². The minimum atomic E-state index is -4.95. The van der Waals surface area contributed by atoms with Gasteiger partial charge in [-0.1, -0.05) is 293 Å². The summed E-state index contributed by atoms with van der Waals surface area (Å²) in [5.74, 6) is 0.828. The van der Waals surface area contributed by atoms with Crippen LogP contribution in [0.4, 0.5) is 0 Å². The predicted octanol–water partition coefficient (Wildman–Crippen LogP) is 19.7. The maximum absolute atomic E-state index is 13.0. The lowest BCUT2D eigenvalue weighted by molar-refractivity contribution is -0.161. The molecular formula is C70H136O17P2. The van der Waals surface area contributed by atoms with E-state index in [-0.39, 0.29) is 25.7 Å². The Morgan fingerprint density at radius 3 is 0.697 bits per heavy atom. The fraction of sp³-hybridized carbons (Fsp3) is 0.943. The van der Waals surface area contributed by atoms with Crippen molar-refractivity contribution in [3.05, 3.63) is 0 Å². The van der Waals surface area contributed by atoms with Crippen LogP contribution in [0.25, 0.3) is 0 Å². The lowest BCUT2D eigenvalue weighted by Crippen LogP contribution is -2.30. The molecule has 0 saturated heterocycles. The van der Waals surface area contributed by atoms with Crippen molar-refractivity contribution in [1.29, 1.82) is 0 Å². The van der Waals surface area contributed by atoms with Gasteiger partial charge in [-0.3, -0.25) is 37.3 Å². The fourth-order valence-corrected chi connectivity index (χ4v) is 12.1. The molecule has 0 aromatic carbocycles. The molecule has 17 nitrogen and oxygen atoms in total. The van der Waals surface area contributed by atoms with Gasteiger partial charge in [0.05, 0.1) is 26.4 Å². The minimum Gasteiger partial charge on any atom is -0.462 e. The highest BCUT2D eigenvalue weighted by Gasteiger charge is 2.30. The van der Waals surface area contributed by atoms with Gasteiger partial charge in [-0.2, -0.15) is 0 Å². The first kappa shape index (κ1) is 87.1. The van der Waals surface area contributed by atoms with Crippen molar-refractivity contribution < 1.29 is 80.2 Å². The topological polar surface area (TPSA) is 237 Å². The highest BCUT2D eigenvalue weighted by atomic mass is 31.2. The maximum atomic E-state index is 13.0. The zero-order chi connectivity index (χ0) is 66.1. The molecule has 528 valence electrons. The molecule has 3 N–H and O–H groups in total. The van der Waals surface area contributed by atoms with Crippen molar-refractivity contribution in [2.24, 2.45) is 23.7 Å². The molecule has 0 rings (SSSR count). The number of esters is 4. The van der Waals surface area contributed by atoms with Gasteiger partial charge >= 0.3 is 39.5 Å². The van der Waals surface area contributed by atoms with Gasteiger partial charge in [0, 0.05) is 25.7 Å². The van der Waals surface area contributed by atoms with Crippen LogP contribution >= 0.6 is 15.6 Å². The first-order valence-corrected chi connectivity index (χ1v) is 39.2. The van der Waals surface area contributed by atoms with Crippen LogP contribution in [-0.2, 0) is 65.4 Å². The summed E-state index contributed by atoms with van der Waals surface area (Å²) < 4.78 is 68.3. The van der Waals surface area contributed by atoms with Gasteiger partial charge < -0.3 is 33.8 Å². The summed E-state index contributed by atoms with van der Waals surface area (Å²) in [6.45, 7) is 14.1. The van der Waals surface area contributed by atoms with Crippen LogP contribution in [0.3, 0.4) is 0 Å². The Kier molecular flexibility index (Phi) is 58.5. The van der Waals surface area contributed by atoms with Crippen LogP contribution in [0.2, 0.25) is 0 Å². The second-order valence-corrected chi connectivity index (χ2v) is 30.1. The molecule has 0 radical (unpaired) electrons. The van der Waals surface area contributed by atoms with Crippen LogP contribution < -0.4 is 0 Å². The molecule has 0 bridgehead atoms. The third-order valence-corrected chi connectivity index (χ3v) is 18.0. The largest absolute Gasteiger partial charge is 0.472 e. The third kappa shape index (κ3) is 64.6. The van der Waals surface area contributed by atoms with Gasteiger partial charge in [0.1, 0.15) is 19.3 Å². The Bertz CT molecular complexity index is 1760. The first-order valence-electron chi connectivity index (χ1n) is 36.2. The van der Waals surface area contributed by atoms with Gasteiger partial charge in [0.15, 0.2) is 12.2 Å². The number of aliphatic hydroxyl groups is 1. The Hall–Kier alpha value is -1.94. The zero-order valence-electron chi connectivity index (χ0n) is 58.1. The Morgan fingerprint density at radius 1 is 0.281 bits per heavy atom. The van der Waals surface area contributed by atoms with E-state index in [1.165, 1.54) is 141 Å². The Morgan fingerprint density at radius 2 is 0.472 bits per heavy atom. The van der Waals surface area contributed by atoms with E-state index in [9.17, 15) is 43.2 Å². The van der Waals surface area contributed by atoms with Gasteiger partial charge in [-0.15, -0.1) is 0 Å². The highest BCUT2D eigenvalue weighted by molar-refractivity contribution is 7.47. The van der Waals surface area contributed by atoms with Crippen molar-refractivity contribution >= 4 is 39.5 Å². The summed E-state index contributed by atoms with van der Waals surface area (Å²) in [5, 5.41) is 10.6. The molecule has 0 aromatic heterocycles. The van der Waals surface area contributed by atoms with Crippen molar-refractivity contribution in [3.8, 4) is 0 Å². The van der Waals surface area contributed by atoms with E-state index in [1.54, 1.807) is 0 Å². The molecule has 0 aliphatic heterocycles. The number of carbonyl (C=O) groups is 4. The Balaban J connectivity index is 5.26. The normalized spacial score (nSPS) is 14.3. The number of phosphoric acid groups is 2. The quantitative estimate of drug-likeness (QED) is 0.0222. The molecule has 3 unspecified atom stereocenters. The van der Waals surface area contributed by atoms with E-state index in [0.29, 0.717) is 31.6 Å². The molecule has 0 fully saturated rings. The summed E-state index contributed by atoms with van der Waals surface area (Å²) in [5.41, 5.74) is 0. The summed E-state index contributed by atoms with van der Waals surface area (Å²) in [6, 6.07) is 0. The van der Waals surface area contributed by atoms with E-state index in [0.717, 1.165) is 114 Å². The highest BCUT2D eigenvalue weighted by Crippen LogP contribution is 2.45. The Labute approximate surface area is 543 Å². The number of hydrogen-bond donors (Lipinski definition) is 3. The summed E-state index contributed by atoms with van der Waals surface area (Å²) >= 11 is 0. The predicted molar refractivity (Wildman–Crippen MR) is 358 cm³/mol. The number of phosphoric ester groups is 2. The second-order valence-electron chi connectivity index (χ2n) is 27.2. The van der Waals surface area contributed by atoms with Gasteiger partial charge in [-0.05, 0) is 49.4 Å². The van der Waals surface area contributed by atoms with Crippen LogP contribution in [0.1, 0.15) is 344 Å². The average Bonchev–Trinajstić information content (AvgIpc) is 3.67. The van der Waals surface area contributed by atoms with Gasteiger partial charge in [0.25, 0.3) is 0 Å². The SMILES string of the molecule is CC(C)CCCCCCCCCCCCCCC(=O)O[C@H](COC(=O)CCCCCCCCCCCCC(C)C)COP(=O)(O)OCC(O)COP(=O)(O)OC[C@@H](COC(=O)CCCCCCCCCC(C)C)OC(=O)CCCCCCCCCCC(C)C. The molecule has 19 heteroatoms. The third-order valence-electron chi connectivity index (χ3n) is 16.1. The number of rotatable bonds is 67. The monoisotopic (exact) mass is 1310 g/mol. The van der Waals surface area contributed by atoms with Gasteiger partial charge in [0.2, 0.25) is 0 Å². The molecule has 0 aliphatic carbocycles. The van der Waals surface area contributed by atoms with E-state index in [2.05, 4.69) is 55.4 Å². The molecule has 0 spiro atoms. The molecular weight excluding hydrogens is 1170 g/mol.